The molecule has 35 heavy (non-hydrogen) atoms. The summed E-state index contributed by atoms with van der Waals surface area (Å²) in [6.07, 6.45) is 0.786. The number of aryl methyl sites for hydroxylation is 2. The molecule has 5 rings (SSSR count). The van der Waals surface area contributed by atoms with Crippen molar-refractivity contribution in [2.45, 2.75) is 20.3 Å². The van der Waals surface area contributed by atoms with Gasteiger partial charge >= 0.3 is 11.8 Å². The van der Waals surface area contributed by atoms with Gasteiger partial charge in [0.15, 0.2) is 5.76 Å². The van der Waals surface area contributed by atoms with Gasteiger partial charge in [0.25, 0.3) is 5.89 Å². The van der Waals surface area contributed by atoms with E-state index in [1.165, 1.54) is 6.07 Å². The topological polar surface area (TPSA) is 87.6 Å². The van der Waals surface area contributed by atoms with Crippen molar-refractivity contribution >= 4 is 22.6 Å². The zero-order chi connectivity index (χ0) is 24.4. The molecule has 182 valence electrons. The van der Waals surface area contributed by atoms with Crippen molar-refractivity contribution in [3.63, 3.8) is 0 Å². The summed E-state index contributed by atoms with van der Waals surface area (Å²) in [5, 5.41) is 11.7. The Hall–Kier alpha value is -3.72. The first kappa shape index (κ1) is 23.0. The molecular weight excluding hydrogens is 449 g/mol. The molecular formula is C26H28FN5O3. The van der Waals surface area contributed by atoms with Gasteiger partial charge in [0, 0.05) is 43.7 Å². The fourth-order valence-electron chi connectivity index (χ4n) is 4.45. The Morgan fingerprint density at radius 3 is 2.66 bits per heavy atom. The minimum absolute atomic E-state index is 0.0884. The van der Waals surface area contributed by atoms with E-state index in [0.29, 0.717) is 18.0 Å². The van der Waals surface area contributed by atoms with Crippen molar-refractivity contribution in [3.05, 3.63) is 65.3 Å². The summed E-state index contributed by atoms with van der Waals surface area (Å²) in [4.78, 5) is 16.9. The number of aromatic nitrogens is 2. The fourth-order valence-corrected chi connectivity index (χ4v) is 4.45. The van der Waals surface area contributed by atoms with Crippen LogP contribution in [0.1, 0.15) is 28.2 Å². The molecule has 2 aromatic carbocycles. The lowest BCUT2D eigenvalue weighted by Gasteiger charge is -2.36. The standard InChI is InChI=1S/C26H28FN5O3/c1-17-8-9-22-19(16-17)18(2)23(34-22)25-29-30-26(35-25)24(33)28-10-5-11-31-12-14-32(15-13-31)21-7-4-3-6-20(21)27/h3-4,6-9,16H,5,10-15H2,1-2H3,(H,28,33). The number of rotatable bonds is 7. The minimum Gasteiger partial charge on any atom is -0.451 e. The number of carbonyl (C=O) groups excluding carboxylic acids is 1. The Morgan fingerprint density at radius 1 is 1.06 bits per heavy atom. The van der Waals surface area contributed by atoms with Crippen LogP contribution in [-0.2, 0) is 0 Å². The molecule has 2 aromatic heterocycles. The summed E-state index contributed by atoms with van der Waals surface area (Å²) in [5.74, 6) is -0.00778. The van der Waals surface area contributed by atoms with Crippen LogP contribution in [0.4, 0.5) is 10.1 Å². The van der Waals surface area contributed by atoms with Crippen molar-refractivity contribution in [2.75, 3.05) is 44.2 Å². The molecule has 1 amide bonds. The third-order valence-corrected chi connectivity index (χ3v) is 6.41. The first-order chi connectivity index (χ1) is 17.0. The average Bonchev–Trinajstić information content (AvgIpc) is 3.48. The molecule has 0 unspecified atom stereocenters. The van der Waals surface area contributed by atoms with E-state index >= 15 is 0 Å². The maximum atomic E-state index is 14.0. The van der Waals surface area contributed by atoms with E-state index in [9.17, 15) is 9.18 Å². The summed E-state index contributed by atoms with van der Waals surface area (Å²) < 4.78 is 25.5. The van der Waals surface area contributed by atoms with Crippen molar-refractivity contribution in [3.8, 4) is 11.7 Å². The number of carbonyl (C=O) groups is 1. The van der Waals surface area contributed by atoms with Gasteiger partial charge in [-0.25, -0.2) is 4.39 Å². The van der Waals surface area contributed by atoms with E-state index < -0.39 is 5.91 Å². The highest BCUT2D eigenvalue weighted by Crippen LogP contribution is 2.32. The van der Waals surface area contributed by atoms with Gasteiger partial charge in [-0.05, 0) is 51.1 Å². The highest BCUT2D eigenvalue weighted by atomic mass is 19.1. The number of nitrogens with one attached hydrogen (secondary N) is 1. The lowest BCUT2D eigenvalue weighted by Crippen LogP contribution is -2.47. The summed E-state index contributed by atoms with van der Waals surface area (Å²) in [7, 11) is 0. The van der Waals surface area contributed by atoms with Gasteiger partial charge in [-0.15, -0.1) is 10.2 Å². The van der Waals surface area contributed by atoms with Crippen LogP contribution in [0, 0.1) is 19.7 Å². The Kier molecular flexibility index (Phi) is 6.50. The van der Waals surface area contributed by atoms with Crippen LogP contribution in [0.3, 0.4) is 0 Å². The Morgan fingerprint density at radius 2 is 1.86 bits per heavy atom. The number of hydrogen-bond donors (Lipinski definition) is 1. The average molecular weight is 478 g/mol. The maximum absolute atomic E-state index is 14.0. The predicted octanol–water partition coefficient (Wildman–Crippen LogP) is 4.18. The third kappa shape index (κ3) is 4.90. The molecule has 1 aliphatic rings. The number of para-hydroxylation sites is 1. The van der Waals surface area contributed by atoms with Crippen LogP contribution in [0.15, 0.2) is 51.3 Å². The molecule has 0 aliphatic carbocycles. The second kappa shape index (κ2) is 9.87. The Bertz CT molecular complexity index is 1340. The molecule has 0 radical (unpaired) electrons. The number of fused-ring (bicyclic) bond motifs is 1. The third-order valence-electron chi connectivity index (χ3n) is 6.41. The molecule has 3 heterocycles. The summed E-state index contributed by atoms with van der Waals surface area (Å²) in [6.45, 7) is 8.55. The van der Waals surface area contributed by atoms with Gasteiger partial charge < -0.3 is 19.1 Å². The number of amides is 1. The highest BCUT2D eigenvalue weighted by molar-refractivity contribution is 5.90. The largest absolute Gasteiger partial charge is 0.451 e. The highest BCUT2D eigenvalue weighted by Gasteiger charge is 2.22. The maximum Gasteiger partial charge on any atom is 0.308 e. The van der Waals surface area contributed by atoms with Crippen LogP contribution in [0.25, 0.3) is 22.6 Å². The normalized spacial score (nSPS) is 14.5. The van der Waals surface area contributed by atoms with E-state index in [-0.39, 0.29) is 17.6 Å². The van der Waals surface area contributed by atoms with Crippen LogP contribution >= 0.6 is 0 Å². The summed E-state index contributed by atoms with van der Waals surface area (Å²) in [5.41, 5.74) is 3.42. The monoisotopic (exact) mass is 477 g/mol. The molecule has 0 saturated carbocycles. The number of hydrogen-bond acceptors (Lipinski definition) is 7. The SMILES string of the molecule is Cc1ccc2oc(-c3nnc(C(=O)NCCCN4CCN(c5ccccc5F)CC4)o3)c(C)c2c1. The molecule has 4 aromatic rings. The molecule has 1 aliphatic heterocycles. The second-order valence-electron chi connectivity index (χ2n) is 8.86. The first-order valence-corrected chi connectivity index (χ1v) is 11.8. The number of halogens is 1. The van der Waals surface area contributed by atoms with Crippen molar-refractivity contribution in [1.82, 2.24) is 20.4 Å². The molecule has 9 heteroatoms. The molecule has 8 nitrogen and oxygen atoms in total. The van der Waals surface area contributed by atoms with E-state index in [2.05, 4.69) is 25.3 Å². The smallest absolute Gasteiger partial charge is 0.308 e. The van der Waals surface area contributed by atoms with Crippen molar-refractivity contribution < 1.29 is 18.0 Å². The Balaban J connectivity index is 1.09. The summed E-state index contributed by atoms with van der Waals surface area (Å²) >= 11 is 0. The lowest BCUT2D eigenvalue weighted by atomic mass is 10.1. The Labute approximate surface area is 202 Å². The van der Waals surface area contributed by atoms with Gasteiger partial charge in [0.2, 0.25) is 0 Å². The van der Waals surface area contributed by atoms with E-state index in [0.717, 1.165) is 61.2 Å². The van der Waals surface area contributed by atoms with Gasteiger partial charge in [-0.2, -0.15) is 0 Å². The van der Waals surface area contributed by atoms with E-state index in [1.807, 2.05) is 44.2 Å². The van der Waals surface area contributed by atoms with Gasteiger partial charge in [-0.1, -0.05) is 23.8 Å². The fraction of sp³-hybridized carbons (Fsp3) is 0.346. The van der Waals surface area contributed by atoms with Crippen LogP contribution in [0.5, 0.6) is 0 Å². The van der Waals surface area contributed by atoms with Crippen molar-refractivity contribution in [2.24, 2.45) is 0 Å². The number of nitrogens with zero attached hydrogens (tertiary/aromatic N) is 4. The van der Waals surface area contributed by atoms with E-state index in [1.54, 1.807) is 6.07 Å². The zero-order valence-electron chi connectivity index (χ0n) is 19.9. The van der Waals surface area contributed by atoms with Gasteiger partial charge in [0.05, 0.1) is 5.69 Å². The van der Waals surface area contributed by atoms with Crippen molar-refractivity contribution in [1.29, 1.82) is 0 Å². The van der Waals surface area contributed by atoms with Gasteiger partial charge in [-0.3, -0.25) is 9.69 Å². The quantitative estimate of drug-likeness (QED) is 0.400. The zero-order valence-corrected chi connectivity index (χ0v) is 19.9. The van der Waals surface area contributed by atoms with Crippen LogP contribution < -0.4 is 10.2 Å². The van der Waals surface area contributed by atoms with Crippen LogP contribution in [0.2, 0.25) is 0 Å². The van der Waals surface area contributed by atoms with Gasteiger partial charge in [0.1, 0.15) is 11.4 Å². The van der Waals surface area contributed by atoms with Crippen LogP contribution in [-0.4, -0.2) is 60.3 Å². The number of benzene rings is 2. The first-order valence-electron chi connectivity index (χ1n) is 11.8. The lowest BCUT2D eigenvalue weighted by molar-refractivity contribution is 0.0917. The molecule has 0 spiro atoms. The molecule has 0 atom stereocenters. The number of piperazine rings is 1. The number of furan rings is 1. The molecule has 1 saturated heterocycles. The minimum atomic E-state index is -0.405. The molecule has 1 N–H and O–H groups in total. The summed E-state index contributed by atoms with van der Waals surface area (Å²) in [6, 6.07) is 12.8. The predicted molar refractivity (Wildman–Crippen MR) is 131 cm³/mol. The molecule has 0 bridgehead atoms. The van der Waals surface area contributed by atoms with E-state index in [4.69, 9.17) is 8.83 Å². The second-order valence-corrected chi connectivity index (χ2v) is 8.86. The number of anilines is 1. The molecule has 1 fully saturated rings.